The molecule has 7 heteroatoms. The Morgan fingerprint density at radius 3 is 2.50 bits per heavy atom. The van der Waals surface area contributed by atoms with Crippen LogP contribution in [0.5, 0.6) is 5.75 Å². The molecule has 3 rings (SSSR count). The van der Waals surface area contributed by atoms with E-state index in [1.165, 1.54) is 0 Å². The lowest BCUT2D eigenvalue weighted by atomic mass is 10.0. The molecule has 0 unspecified atom stereocenters. The van der Waals surface area contributed by atoms with Crippen LogP contribution >= 0.6 is 0 Å². The van der Waals surface area contributed by atoms with Gasteiger partial charge in [0.2, 0.25) is 0 Å². The summed E-state index contributed by atoms with van der Waals surface area (Å²) in [6.07, 6.45) is -0.0770. The number of carbonyl (C=O) groups excluding carboxylic acids is 2. The van der Waals surface area contributed by atoms with Crippen molar-refractivity contribution in [1.82, 2.24) is 9.80 Å². The van der Waals surface area contributed by atoms with Crippen LogP contribution in [-0.2, 0) is 4.74 Å². The summed E-state index contributed by atoms with van der Waals surface area (Å²) in [7, 11) is 5.52. The number of anilines is 1. The van der Waals surface area contributed by atoms with E-state index in [4.69, 9.17) is 9.47 Å². The van der Waals surface area contributed by atoms with Crippen LogP contribution in [0.3, 0.4) is 0 Å². The fraction of sp³-hybridized carbons (Fsp3) is 0.440. The largest absolute Gasteiger partial charge is 0.491 e. The van der Waals surface area contributed by atoms with Gasteiger partial charge in [-0.3, -0.25) is 14.5 Å². The molecule has 1 N–H and O–H groups in total. The fourth-order valence-electron chi connectivity index (χ4n) is 3.82. The van der Waals surface area contributed by atoms with Gasteiger partial charge >= 0.3 is 0 Å². The molecule has 7 nitrogen and oxygen atoms in total. The molecular weight excluding hydrogens is 406 g/mol. The van der Waals surface area contributed by atoms with Gasteiger partial charge in [-0.05, 0) is 44.2 Å². The van der Waals surface area contributed by atoms with Gasteiger partial charge in [0.15, 0.2) is 0 Å². The molecule has 1 heterocycles. The molecular formula is C25H33N3O4. The molecule has 3 atom stereocenters. The predicted octanol–water partition coefficient (Wildman–Crippen LogP) is 3.37. The molecule has 0 aromatic heterocycles. The number of rotatable bonds is 3. The van der Waals surface area contributed by atoms with E-state index >= 15 is 0 Å². The third-order valence-electron chi connectivity index (χ3n) is 6.05. The molecule has 2 amide bonds. The maximum absolute atomic E-state index is 13.2. The lowest BCUT2D eigenvalue weighted by Crippen LogP contribution is -2.45. The van der Waals surface area contributed by atoms with Crippen LogP contribution in [0.1, 0.15) is 34.6 Å². The van der Waals surface area contributed by atoms with E-state index < -0.39 is 0 Å². The number of benzene rings is 2. The van der Waals surface area contributed by atoms with Gasteiger partial charge < -0.3 is 19.7 Å². The smallest absolute Gasteiger partial charge is 0.257 e. The van der Waals surface area contributed by atoms with E-state index in [-0.39, 0.29) is 29.9 Å². The molecule has 1 aliphatic heterocycles. The number of methoxy groups -OCH3 is 1. The number of hydrogen-bond donors (Lipinski definition) is 1. The monoisotopic (exact) mass is 439 g/mol. The van der Waals surface area contributed by atoms with Gasteiger partial charge in [0.25, 0.3) is 11.8 Å². The Hall–Kier alpha value is -2.90. The van der Waals surface area contributed by atoms with Crippen molar-refractivity contribution in [2.24, 2.45) is 5.92 Å². The van der Waals surface area contributed by atoms with E-state index in [1.54, 1.807) is 49.4 Å². The Kier molecular flexibility index (Phi) is 7.88. The summed E-state index contributed by atoms with van der Waals surface area (Å²) in [5, 5.41) is 2.89. The molecule has 2 aromatic rings. The molecule has 0 aliphatic carbocycles. The minimum Gasteiger partial charge on any atom is -0.491 e. The van der Waals surface area contributed by atoms with Gasteiger partial charge in [-0.2, -0.15) is 0 Å². The Balaban J connectivity index is 1.89. The predicted molar refractivity (Wildman–Crippen MR) is 125 cm³/mol. The summed E-state index contributed by atoms with van der Waals surface area (Å²) in [6.45, 7) is 5.95. The summed E-state index contributed by atoms with van der Waals surface area (Å²) in [6, 6.07) is 14.3. The molecule has 0 fully saturated rings. The zero-order valence-electron chi connectivity index (χ0n) is 19.5. The molecule has 0 spiro atoms. The number of nitrogens with one attached hydrogen (secondary N) is 1. The standard InChI is InChI=1S/C25H33N3O4/c1-17-14-27(3)18(2)16-32-22-13-20(26-24(29)19-9-7-6-8-10-19)11-12-21(22)25(30)28(4)15-23(17)31-5/h6-13,17-18,23H,14-16H2,1-5H3,(H,26,29)/t17-,18+,23+/m0/s1. The first kappa shape index (κ1) is 23.8. The molecule has 172 valence electrons. The van der Waals surface area contributed by atoms with E-state index in [0.29, 0.717) is 35.7 Å². The van der Waals surface area contributed by atoms with Crippen LogP contribution in [-0.4, -0.2) is 74.7 Å². The van der Waals surface area contributed by atoms with E-state index in [1.807, 2.05) is 18.2 Å². The van der Waals surface area contributed by atoms with Crippen molar-refractivity contribution in [2.45, 2.75) is 26.0 Å². The number of ether oxygens (including phenoxy) is 2. The zero-order chi connectivity index (χ0) is 23.3. The molecule has 2 aromatic carbocycles. The highest BCUT2D eigenvalue weighted by atomic mass is 16.5. The number of carbonyl (C=O) groups is 2. The average Bonchev–Trinajstić information content (AvgIpc) is 2.80. The van der Waals surface area contributed by atoms with Crippen LogP contribution in [0.15, 0.2) is 48.5 Å². The van der Waals surface area contributed by atoms with Gasteiger partial charge in [-0.25, -0.2) is 0 Å². The molecule has 0 saturated carbocycles. The summed E-state index contributed by atoms with van der Waals surface area (Å²) in [4.78, 5) is 29.7. The van der Waals surface area contributed by atoms with Crippen molar-refractivity contribution in [3.05, 3.63) is 59.7 Å². The third-order valence-corrected chi connectivity index (χ3v) is 6.05. The molecule has 1 aliphatic rings. The topological polar surface area (TPSA) is 71.1 Å². The van der Waals surface area contributed by atoms with Gasteiger partial charge in [0, 0.05) is 50.6 Å². The fourth-order valence-corrected chi connectivity index (χ4v) is 3.82. The highest BCUT2D eigenvalue weighted by Crippen LogP contribution is 2.27. The van der Waals surface area contributed by atoms with E-state index in [0.717, 1.165) is 6.54 Å². The number of fused-ring (bicyclic) bond motifs is 1. The first-order chi connectivity index (χ1) is 15.3. The maximum Gasteiger partial charge on any atom is 0.257 e. The van der Waals surface area contributed by atoms with Gasteiger partial charge in [-0.15, -0.1) is 0 Å². The molecule has 32 heavy (non-hydrogen) atoms. The van der Waals surface area contributed by atoms with Crippen molar-refractivity contribution in [3.63, 3.8) is 0 Å². The van der Waals surface area contributed by atoms with Crippen LogP contribution in [0.2, 0.25) is 0 Å². The van der Waals surface area contributed by atoms with Crippen LogP contribution < -0.4 is 10.1 Å². The van der Waals surface area contributed by atoms with Crippen LogP contribution in [0, 0.1) is 5.92 Å². The second-order valence-corrected chi connectivity index (χ2v) is 8.57. The number of hydrogen-bond acceptors (Lipinski definition) is 5. The normalized spacial score (nSPS) is 22.8. The molecule has 0 saturated heterocycles. The Morgan fingerprint density at radius 2 is 1.81 bits per heavy atom. The van der Waals surface area contributed by atoms with E-state index in [9.17, 15) is 9.59 Å². The van der Waals surface area contributed by atoms with Crippen LogP contribution in [0.4, 0.5) is 5.69 Å². The quantitative estimate of drug-likeness (QED) is 0.794. The number of nitrogens with zero attached hydrogens (tertiary/aromatic N) is 2. The van der Waals surface area contributed by atoms with Gasteiger partial charge in [-0.1, -0.05) is 25.1 Å². The summed E-state index contributed by atoms with van der Waals surface area (Å²) >= 11 is 0. The highest BCUT2D eigenvalue weighted by Gasteiger charge is 2.27. The van der Waals surface area contributed by atoms with Gasteiger partial charge in [0.1, 0.15) is 12.4 Å². The van der Waals surface area contributed by atoms with Crippen molar-refractivity contribution in [1.29, 1.82) is 0 Å². The molecule has 0 radical (unpaired) electrons. The van der Waals surface area contributed by atoms with Crippen molar-refractivity contribution < 1.29 is 19.1 Å². The average molecular weight is 440 g/mol. The first-order valence-corrected chi connectivity index (χ1v) is 10.9. The Bertz CT molecular complexity index is 934. The number of likely N-dealkylation sites (N-methyl/N-ethyl adjacent to an activating group) is 2. The minimum atomic E-state index is -0.216. The lowest BCUT2D eigenvalue weighted by molar-refractivity contribution is 0.0150. The van der Waals surface area contributed by atoms with E-state index in [2.05, 4.69) is 31.1 Å². The maximum atomic E-state index is 13.2. The summed E-state index contributed by atoms with van der Waals surface area (Å²) in [5.41, 5.74) is 1.60. The Morgan fingerprint density at radius 1 is 1.09 bits per heavy atom. The summed E-state index contributed by atoms with van der Waals surface area (Å²) < 4.78 is 11.8. The zero-order valence-corrected chi connectivity index (χ0v) is 19.5. The van der Waals surface area contributed by atoms with Crippen LogP contribution in [0.25, 0.3) is 0 Å². The number of amides is 2. The lowest BCUT2D eigenvalue weighted by Gasteiger charge is -2.34. The third kappa shape index (κ3) is 5.66. The van der Waals surface area contributed by atoms with Crippen molar-refractivity contribution in [3.8, 4) is 5.75 Å². The second kappa shape index (κ2) is 10.6. The van der Waals surface area contributed by atoms with Crippen molar-refractivity contribution >= 4 is 17.5 Å². The van der Waals surface area contributed by atoms with Gasteiger partial charge in [0.05, 0.1) is 11.7 Å². The first-order valence-electron chi connectivity index (χ1n) is 10.9. The Labute approximate surface area is 190 Å². The SMILES string of the molecule is CO[C@@H]1CN(C)C(=O)c2ccc(NC(=O)c3ccccc3)cc2OC[C@@H](C)N(C)C[C@@H]1C. The minimum absolute atomic E-state index is 0.0770. The second-order valence-electron chi connectivity index (χ2n) is 8.57. The molecule has 0 bridgehead atoms. The van der Waals surface area contributed by atoms with Crippen molar-refractivity contribution in [2.75, 3.05) is 46.2 Å². The highest BCUT2D eigenvalue weighted by molar-refractivity contribution is 6.05. The summed E-state index contributed by atoms with van der Waals surface area (Å²) in [5.74, 6) is 0.344.